The molecule has 3 N–H and O–H groups in total. The van der Waals surface area contributed by atoms with E-state index in [0.717, 1.165) is 18.4 Å². The molecule has 9 nitrogen and oxygen atoms in total. The summed E-state index contributed by atoms with van der Waals surface area (Å²) in [7, 11) is -4.31. The monoisotopic (exact) mass is 555 g/mol. The first-order chi connectivity index (χ1) is 17.4. The van der Waals surface area contributed by atoms with Gasteiger partial charge in [0.15, 0.2) is 0 Å². The van der Waals surface area contributed by atoms with Gasteiger partial charge in [0.1, 0.15) is 5.75 Å². The van der Waals surface area contributed by atoms with Gasteiger partial charge in [-0.25, -0.2) is 13.9 Å². The van der Waals surface area contributed by atoms with E-state index in [9.17, 15) is 18.4 Å². The first-order valence-corrected chi connectivity index (χ1v) is 14.0. The maximum absolute atomic E-state index is 14.2. The molecule has 1 amide bonds. The molecule has 0 spiro atoms. The third-order valence-electron chi connectivity index (χ3n) is 6.58. The normalized spacial score (nSPS) is 19.3. The van der Waals surface area contributed by atoms with Crippen molar-refractivity contribution >= 4 is 28.2 Å². The van der Waals surface area contributed by atoms with E-state index in [0.29, 0.717) is 44.6 Å². The molecule has 1 aromatic heterocycles. The van der Waals surface area contributed by atoms with Crippen LogP contribution < -0.4 is 15.5 Å². The number of hydroxylamine groups is 1. The summed E-state index contributed by atoms with van der Waals surface area (Å²) in [6.45, 7) is 5.27. The van der Waals surface area contributed by atoms with Gasteiger partial charge in [-0.1, -0.05) is 13.8 Å². The lowest BCUT2D eigenvalue weighted by Gasteiger charge is -2.42. The first kappa shape index (κ1) is 31.0. The second-order valence-electron chi connectivity index (χ2n) is 9.05. The van der Waals surface area contributed by atoms with Crippen molar-refractivity contribution in [1.29, 1.82) is 0 Å². The standard InChI is InChI=1S/C26H37N3O6S.ClH/c1-3-17-34-22-7-5-21(6-8-22)26(25(30)29-31,28-19-20-13-15-27-16-14-20)36(32,33)24-11-9-23(10-12-24)35-18-4-2;/h9-16,21-22,28,31H,3-8,17-19H2,1-2H3,(H,29,30);1H/t21-,22-,26-;/m1./s1. The average Bonchev–Trinajstić information content (AvgIpc) is 2.92. The van der Waals surface area contributed by atoms with Crippen LogP contribution in [0.2, 0.25) is 0 Å². The highest BCUT2D eigenvalue weighted by molar-refractivity contribution is 7.93. The Morgan fingerprint density at radius 2 is 1.65 bits per heavy atom. The van der Waals surface area contributed by atoms with E-state index in [-0.39, 0.29) is 30.0 Å². The number of nitrogens with zero attached hydrogens (tertiary/aromatic N) is 1. The lowest BCUT2D eigenvalue weighted by molar-refractivity contribution is -0.135. The number of aromatic nitrogens is 1. The second-order valence-corrected chi connectivity index (χ2v) is 11.2. The molecule has 1 aliphatic rings. The molecule has 0 radical (unpaired) electrons. The summed E-state index contributed by atoms with van der Waals surface area (Å²) >= 11 is 0. The zero-order chi connectivity index (χ0) is 26.0. The van der Waals surface area contributed by atoms with Gasteiger partial charge in [0, 0.05) is 31.5 Å². The maximum Gasteiger partial charge on any atom is 0.280 e. The molecule has 0 aliphatic heterocycles. The molecule has 0 unspecified atom stereocenters. The van der Waals surface area contributed by atoms with Gasteiger partial charge in [0.2, 0.25) is 14.7 Å². The Morgan fingerprint density at radius 1 is 1.03 bits per heavy atom. The number of amides is 1. The summed E-state index contributed by atoms with van der Waals surface area (Å²) in [5.74, 6) is -1.04. The number of ether oxygens (including phenoxy) is 2. The third kappa shape index (κ3) is 7.20. The summed E-state index contributed by atoms with van der Waals surface area (Å²) in [4.78, 5) is 15.2. The molecular formula is C26H38ClN3O6S. The van der Waals surface area contributed by atoms with Crippen molar-refractivity contribution < 1.29 is 27.9 Å². The number of benzene rings is 1. The number of rotatable bonds is 13. The lowest BCUT2D eigenvalue weighted by atomic mass is 9.81. The summed E-state index contributed by atoms with van der Waals surface area (Å²) in [5.41, 5.74) is 2.41. The number of pyridine rings is 1. The van der Waals surface area contributed by atoms with Crippen molar-refractivity contribution in [2.45, 2.75) is 74.8 Å². The van der Waals surface area contributed by atoms with E-state index >= 15 is 0 Å². The van der Waals surface area contributed by atoms with E-state index in [1.54, 1.807) is 42.1 Å². The van der Waals surface area contributed by atoms with Gasteiger partial charge in [-0.05, 0) is 80.5 Å². The van der Waals surface area contributed by atoms with Crippen molar-refractivity contribution in [3.8, 4) is 5.75 Å². The van der Waals surface area contributed by atoms with Gasteiger partial charge in [0.25, 0.3) is 5.91 Å². The van der Waals surface area contributed by atoms with E-state index in [1.165, 1.54) is 12.1 Å². The topological polar surface area (TPSA) is 127 Å². The third-order valence-corrected chi connectivity index (χ3v) is 8.98. The van der Waals surface area contributed by atoms with Crippen molar-refractivity contribution in [3.63, 3.8) is 0 Å². The van der Waals surface area contributed by atoms with E-state index in [1.807, 2.05) is 13.8 Å². The van der Waals surface area contributed by atoms with Crippen LogP contribution >= 0.6 is 12.4 Å². The molecule has 1 aliphatic carbocycles. The first-order valence-electron chi connectivity index (χ1n) is 12.6. The van der Waals surface area contributed by atoms with E-state index in [2.05, 4.69) is 10.3 Å². The van der Waals surface area contributed by atoms with Crippen LogP contribution in [0.4, 0.5) is 0 Å². The highest BCUT2D eigenvalue weighted by atomic mass is 35.5. The van der Waals surface area contributed by atoms with Gasteiger partial charge in [0.05, 0.1) is 17.6 Å². The van der Waals surface area contributed by atoms with Crippen molar-refractivity contribution in [2.24, 2.45) is 5.92 Å². The highest BCUT2D eigenvalue weighted by Crippen LogP contribution is 2.41. The van der Waals surface area contributed by atoms with Crippen LogP contribution in [0.3, 0.4) is 0 Å². The average molecular weight is 556 g/mol. The minimum absolute atomic E-state index is 0. The Bertz CT molecular complexity index is 1060. The lowest BCUT2D eigenvalue weighted by Crippen LogP contribution is -2.66. The Labute approximate surface area is 225 Å². The highest BCUT2D eigenvalue weighted by Gasteiger charge is 2.57. The Kier molecular flexibility index (Phi) is 12.3. The smallest absolute Gasteiger partial charge is 0.280 e. The van der Waals surface area contributed by atoms with Crippen LogP contribution in [0.1, 0.15) is 57.9 Å². The molecule has 2 aromatic rings. The van der Waals surface area contributed by atoms with Crippen LogP contribution in [0.25, 0.3) is 0 Å². The molecule has 3 rings (SSSR count). The van der Waals surface area contributed by atoms with Crippen molar-refractivity contribution in [2.75, 3.05) is 13.2 Å². The van der Waals surface area contributed by atoms with Crippen molar-refractivity contribution in [1.82, 2.24) is 15.8 Å². The van der Waals surface area contributed by atoms with Crippen LogP contribution in [0, 0.1) is 5.92 Å². The van der Waals surface area contributed by atoms with E-state index < -0.39 is 26.5 Å². The largest absolute Gasteiger partial charge is 0.494 e. The number of carbonyl (C=O) groups is 1. The zero-order valence-electron chi connectivity index (χ0n) is 21.4. The van der Waals surface area contributed by atoms with Crippen LogP contribution in [-0.4, -0.2) is 48.7 Å². The van der Waals surface area contributed by atoms with Crippen LogP contribution in [0.5, 0.6) is 5.75 Å². The predicted octanol–water partition coefficient (Wildman–Crippen LogP) is 4.04. The Morgan fingerprint density at radius 3 is 2.22 bits per heavy atom. The van der Waals surface area contributed by atoms with Gasteiger partial charge in [-0.2, -0.15) is 0 Å². The van der Waals surface area contributed by atoms with E-state index in [4.69, 9.17) is 9.47 Å². The van der Waals surface area contributed by atoms with Gasteiger partial charge < -0.3 is 9.47 Å². The van der Waals surface area contributed by atoms with Crippen molar-refractivity contribution in [3.05, 3.63) is 54.4 Å². The summed E-state index contributed by atoms with van der Waals surface area (Å²) in [6.07, 6.45) is 7.09. The predicted molar refractivity (Wildman–Crippen MR) is 142 cm³/mol. The second kappa shape index (κ2) is 14.6. The summed E-state index contributed by atoms with van der Waals surface area (Å²) in [5, 5.41) is 12.8. The molecule has 0 saturated heterocycles. The molecule has 1 fully saturated rings. The fourth-order valence-electron chi connectivity index (χ4n) is 4.70. The molecule has 1 aromatic carbocycles. The molecule has 37 heavy (non-hydrogen) atoms. The SMILES string of the molecule is CCCOc1ccc(S(=O)(=O)[C@@](NCc2ccncc2)(C(=O)NO)[C@H]2CC[C@H](OCCC)CC2)cc1.Cl. The molecule has 11 heteroatoms. The van der Waals surface area contributed by atoms with Gasteiger partial charge >= 0.3 is 0 Å². The molecule has 1 atom stereocenters. The quantitative estimate of drug-likeness (QED) is 0.250. The molecule has 206 valence electrons. The van der Waals surface area contributed by atoms with Crippen LogP contribution in [-0.2, 0) is 25.9 Å². The Balaban J connectivity index is 0.00000481. The summed E-state index contributed by atoms with van der Waals surface area (Å²) in [6, 6.07) is 9.56. The number of nitrogens with one attached hydrogen (secondary N) is 2. The van der Waals surface area contributed by atoms with Crippen LogP contribution in [0.15, 0.2) is 53.7 Å². The summed E-state index contributed by atoms with van der Waals surface area (Å²) < 4.78 is 39.9. The Hall–Kier alpha value is -2.24. The number of hydrogen-bond acceptors (Lipinski definition) is 8. The molecule has 1 saturated carbocycles. The minimum atomic E-state index is -4.31. The number of hydrogen-bond donors (Lipinski definition) is 3. The molecule has 0 bridgehead atoms. The minimum Gasteiger partial charge on any atom is -0.494 e. The number of sulfone groups is 1. The van der Waals surface area contributed by atoms with Gasteiger partial charge in [-0.15, -0.1) is 12.4 Å². The molecule has 1 heterocycles. The fraction of sp³-hybridized carbons (Fsp3) is 0.538. The van der Waals surface area contributed by atoms with Gasteiger partial charge in [-0.3, -0.25) is 20.3 Å². The number of halogens is 1. The zero-order valence-corrected chi connectivity index (χ0v) is 23.0. The fourth-order valence-corrected chi connectivity index (χ4v) is 6.80. The maximum atomic E-state index is 14.2. The molecular weight excluding hydrogens is 518 g/mol. The number of carbonyl (C=O) groups excluding carboxylic acids is 1.